The van der Waals surface area contributed by atoms with Crippen LogP contribution >= 0.6 is 0 Å². The Bertz CT molecular complexity index is 994. The van der Waals surface area contributed by atoms with Gasteiger partial charge in [-0.2, -0.15) is 0 Å². The Morgan fingerprint density at radius 3 is 2.82 bits per heavy atom. The van der Waals surface area contributed by atoms with Gasteiger partial charge in [0.05, 0.1) is 17.9 Å². The zero-order chi connectivity index (χ0) is 20.1. The number of anilines is 1. The van der Waals surface area contributed by atoms with Crippen LogP contribution < -0.4 is 10.9 Å². The molecule has 0 saturated heterocycles. The fourth-order valence-electron chi connectivity index (χ4n) is 3.10. The number of carboxylic acid groups (broad SMARTS) is 1. The first-order valence-electron chi connectivity index (χ1n) is 9.08. The quantitative estimate of drug-likeness (QED) is 0.764. The topological polar surface area (TPSA) is 111 Å². The molecule has 2 heterocycles. The van der Waals surface area contributed by atoms with Gasteiger partial charge in [0, 0.05) is 24.5 Å². The van der Waals surface area contributed by atoms with Gasteiger partial charge < -0.3 is 15.2 Å². The molecule has 2 N–H and O–H groups in total. The van der Waals surface area contributed by atoms with Gasteiger partial charge in [0.25, 0.3) is 5.56 Å². The molecular formula is C20H21N3O5. The van der Waals surface area contributed by atoms with E-state index < -0.39 is 17.5 Å². The SMILES string of the molecule is CCOC(=O)c1cnc2n(c1=O)CCCCC2=CNc1ccccc1C(=O)O. The number of carboxylic acids is 1. The molecule has 0 spiro atoms. The van der Waals surface area contributed by atoms with Crippen molar-refractivity contribution in [1.29, 1.82) is 0 Å². The average Bonchev–Trinajstić information content (AvgIpc) is 2.89. The number of fused-ring (bicyclic) bond motifs is 1. The van der Waals surface area contributed by atoms with E-state index in [0.717, 1.165) is 18.4 Å². The van der Waals surface area contributed by atoms with Crippen molar-refractivity contribution >= 4 is 23.2 Å². The van der Waals surface area contributed by atoms with Crippen molar-refractivity contribution < 1.29 is 19.4 Å². The van der Waals surface area contributed by atoms with Gasteiger partial charge in [0.15, 0.2) is 0 Å². The second kappa shape index (κ2) is 8.51. The van der Waals surface area contributed by atoms with Crippen molar-refractivity contribution in [3.8, 4) is 0 Å². The van der Waals surface area contributed by atoms with Gasteiger partial charge in [0.2, 0.25) is 0 Å². The van der Waals surface area contributed by atoms with Crippen LogP contribution in [0.25, 0.3) is 5.57 Å². The molecule has 0 radical (unpaired) electrons. The van der Waals surface area contributed by atoms with E-state index in [4.69, 9.17) is 4.74 Å². The third-order valence-corrected chi connectivity index (χ3v) is 4.47. The molecule has 0 atom stereocenters. The number of nitrogens with one attached hydrogen (secondary N) is 1. The average molecular weight is 383 g/mol. The highest BCUT2D eigenvalue weighted by Crippen LogP contribution is 2.24. The first-order valence-corrected chi connectivity index (χ1v) is 9.08. The summed E-state index contributed by atoms with van der Waals surface area (Å²) in [4.78, 5) is 40.4. The van der Waals surface area contributed by atoms with Gasteiger partial charge in [-0.15, -0.1) is 0 Å². The Morgan fingerprint density at radius 1 is 1.29 bits per heavy atom. The van der Waals surface area contributed by atoms with Crippen LogP contribution in [0.5, 0.6) is 0 Å². The van der Waals surface area contributed by atoms with Gasteiger partial charge in [-0.1, -0.05) is 12.1 Å². The van der Waals surface area contributed by atoms with Gasteiger partial charge >= 0.3 is 11.9 Å². The minimum atomic E-state index is -1.03. The van der Waals surface area contributed by atoms with Crippen molar-refractivity contribution in [3.05, 3.63) is 64.0 Å². The minimum Gasteiger partial charge on any atom is -0.478 e. The fourth-order valence-corrected chi connectivity index (χ4v) is 3.10. The van der Waals surface area contributed by atoms with E-state index in [1.165, 1.54) is 16.8 Å². The standard InChI is InChI=1S/C20H21N3O5/c1-2-28-20(27)15-12-22-17-13(7-5-6-10-23(17)18(15)24)11-21-16-9-4-3-8-14(16)19(25)26/h3-4,8-9,11-12,21H,2,5-7,10H2,1H3,(H,25,26). The predicted octanol–water partition coefficient (Wildman–Crippen LogP) is 2.76. The zero-order valence-electron chi connectivity index (χ0n) is 15.5. The number of aromatic nitrogens is 2. The van der Waals surface area contributed by atoms with Crippen LogP contribution in [0, 0.1) is 0 Å². The first kappa shape index (κ1) is 19.3. The minimum absolute atomic E-state index is 0.0870. The third kappa shape index (κ3) is 3.95. The maximum Gasteiger partial charge on any atom is 0.345 e. The molecule has 0 unspecified atom stereocenters. The molecule has 0 aliphatic carbocycles. The molecule has 1 aliphatic heterocycles. The molecule has 0 amide bonds. The summed E-state index contributed by atoms with van der Waals surface area (Å²) in [5, 5.41) is 12.3. The maximum atomic E-state index is 12.7. The summed E-state index contributed by atoms with van der Waals surface area (Å²) in [6, 6.07) is 6.57. The highest BCUT2D eigenvalue weighted by Gasteiger charge is 2.21. The van der Waals surface area contributed by atoms with Crippen molar-refractivity contribution in [2.24, 2.45) is 0 Å². The zero-order valence-corrected chi connectivity index (χ0v) is 15.5. The summed E-state index contributed by atoms with van der Waals surface area (Å²) in [5.41, 5.74) is 0.850. The summed E-state index contributed by atoms with van der Waals surface area (Å²) in [5.74, 6) is -1.24. The Balaban J connectivity index is 1.98. The number of carbonyl (C=O) groups excluding carboxylic acids is 1. The lowest BCUT2D eigenvalue weighted by atomic mass is 10.1. The number of esters is 1. The summed E-state index contributed by atoms with van der Waals surface area (Å²) in [6.45, 7) is 2.31. The van der Waals surface area contributed by atoms with Crippen LogP contribution in [-0.2, 0) is 11.3 Å². The maximum absolute atomic E-state index is 12.7. The van der Waals surface area contributed by atoms with Gasteiger partial charge in [-0.3, -0.25) is 9.36 Å². The largest absolute Gasteiger partial charge is 0.478 e. The molecule has 0 saturated carbocycles. The molecule has 146 valence electrons. The monoisotopic (exact) mass is 383 g/mol. The van der Waals surface area contributed by atoms with E-state index in [0.29, 0.717) is 24.5 Å². The molecule has 1 aromatic heterocycles. The van der Waals surface area contributed by atoms with E-state index in [2.05, 4.69) is 10.3 Å². The van der Waals surface area contributed by atoms with Gasteiger partial charge in [-0.05, 0) is 38.3 Å². The summed E-state index contributed by atoms with van der Waals surface area (Å²) in [6.07, 6.45) is 5.20. The second-order valence-electron chi connectivity index (χ2n) is 6.29. The van der Waals surface area contributed by atoms with Crippen molar-refractivity contribution in [2.45, 2.75) is 32.7 Å². The number of allylic oxidation sites excluding steroid dienone is 1. The molecule has 8 nitrogen and oxygen atoms in total. The van der Waals surface area contributed by atoms with E-state index in [9.17, 15) is 19.5 Å². The lowest BCUT2D eigenvalue weighted by Gasteiger charge is -2.13. The first-order chi connectivity index (χ1) is 13.5. The van der Waals surface area contributed by atoms with Crippen LogP contribution in [0.15, 0.2) is 41.5 Å². The predicted molar refractivity (Wildman–Crippen MR) is 103 cm³/mol. The Labute approximate surface area is 161 Å². The van der Waals surface area contributed by atoms with Crippen molar-refractivity contribution in [2.75, 3.05) is 11.9 Å². The normalized spacial score (nSPS) is 14.8. The number of rotatable bonds is 5. The molecule has 8 heteroatoms. The highest BCUT2D eigenvalue weighted by molar-refractivity contribution is 5.94. The summed E-state index contributed by atoms with van der Waals surface area (Å²) < 4.78 is 6.41. The van der Waals surface area contributed by atoms with Crippen LogP contribution in [-0.4, -0.2) is 33.2 Å². The molecule has 3 rings (SSSR count). The number of ether oxygens (including phenoxy) is 1. The lowest BCUT2D eigenvalue weighted by molar-refractivity contribution is 0.0522. The second-order valence-corrected chi connectivity index (χ2v) is 6.29. The van der Waals surface area contributed by atoms with Crippen LogP contribution in [0.1, 0.15) is 52.7 Å². The Hall–Kier alpha value is -3.42. The Morgan fingerprint density at radius 2 is 2.07 bits per heavy atom. The van der Waals surface area contributed by atoms with Crippen LogP contribution in [0.4, 0.5) is 5.69 Å². The van der Waals surface area contributed by atoms with Crippen molar-refractivity contribution in [1.82, 2.24) is 9.55 Å². The van der Waals surface area contributed by atoms with E-state index in [1.807, 2.05) is 0 Å². The summed E-state index contributed by atoms with van der Waals surface area (Å²) in [7, 11) is 0. The lowest BCUT2D eigenvalue weighted by Crippen LogP contribution is -2.30. The number of benzene rings is 1. The number of para-hydroxylation sites is 1. The summed E-state index contributed by atoms with van der Waals surface area (Å²) >= 11 is 0. The molecule has 28 heavy (non-hydrogen) atoms. The third-order valence-electron chi connectivity index (χ3n) is 4.47. The number of hydrogen-bond acceptors (Lipinski definition) is 6. The van der Waals surface area contributed by atoms with Crippen molar-refractivity contribution in [3.63, 3.8) is 0 Å². The van der Waals surface area contributed by atoms with E-state index >= 15 is 0 Å². The van der Waals surface area contributed by atoms with Crippen LogP contribution in [0.2, 0.25) is 0 Å². The molecule has 0 fully saturated rings. The van der Waals surface area contributed by atoms with E-state index in [-0.39, 0.29) is 17.7 Å². The number of hydrogen-bond donors (Lipinski definition) is 2. The molecular weight excluding hydrogens is 362 g/mol. The number of nitrogens with zero attached hydrogens (tertiary/aromatic N) is 2. The van der Waals surface area contributed by atoms with Gasteiger partial charge in [0.1, 0.15) is 11.4 Å². The molecule has 1 aliphatic rings. The van der Waals surface area contributed by atoms with Gasteiger partial charge in [-0.25, -0.2) is 14.6 Å². The molecule has 0 bridgehead atoms. The number of carbonyl (C=O) groups is 2. The molecule has 1 aromatic carbocycles. The Kier molecular flexibility index (Phi) is 5.88. The smallest absolute Gasteiger partial charge is 0.345 e. The van der Waals surface area contributed by atoms with E-state index in [1.54, 1.807) is 31.3 Å². The fraction of sp³-hybridized carbons (Fsp3) is 0.300. The highest BCUT2D eigenvalue weighted by atomic mass is 16.5. The molecule has 2 aromatic rings. The number of aromatic carboxylic acids is 1. The van der Waals surface area contributed by atoms with Crippen LogP contribution in [0.3, 0.4) is 0 Å².